The molecule has 0 spiro atoms. The lowest BCUT2D eigenvalue weighted by atomic mass is 9.28. The van der Waals surface area contributed by atoms with E-state index in [1.54, 1.807) is 58.6 Å². The Morgan fingerprint density at radius 3 is 2.16 bits per heavy atom. The maximum Gasteiger partial charge on any atom is 0.131 e. The third-order valence-electron chi connectivity index (χ3n) is 8.41. The smallest absolute Gasteiger partial charge is 0.0651 e. The molecular formula is C18H31B. The lowest BCUT2D eigenvalue weighted by molar-refractivity contribution is -0.140. The predicted octanol–water partition coefficient (Wildman–Crippen LogP) is 5.06. The van der Waals surface area contributed by atoms with Gasteiger partial charge in [-0.25, -0.2) is 0 Å². The molecular weight excluding hydrogens is 227 g/mol. The van der Waals surface area contributed by atoms with Crippen molar-refractivity contribution < 1.29 is 0 Å². The second kappa shape index (κ2) is 4.04. The summed E-state index contributed by atoms with van der Waals surface area (Å²) < 4.78 is 0. The molecule has 106 valence electrons. The van der Waals surface area contributed by atoms with Crippen molar-refractivity contribution in [2.24, 2.45) is 29.1 Å². The van der Waals surface area contributed by atoms with Crippen LogP contribution in [-0.4, -0.2) is 7.28 Å². The van der Waals surface area contributed by atoms with Crippen molar-refractivity contribution in [2.75, 3.05) is 0 Å². The van der Waals surface area contributed by atoms with E-state index in [0.717, 1.165) is 34.8 Å². The molecule has 5 fully saturated rings. The zero-order valence-corrected chi connectivity index (χ0v) is 13.3. The molecule has 4 unspecified atom stereocenters. The molecule has 0 radical (unpaired) electrons. The highest BCUT2D eigenvalue weighted by Gasteiger charge is 2.60. The molecule has 2 saturated heterocycles. The molecule has 0 amide bonds. The molecule has 5 aliphatic rings. The highest BCUT2D eigenvalue weighted by atomic mass is 14.6. The van der Waals surface area contributed by atoms with Crippen molar-refractivity contribution in [1.29, 1.82) is 0 Å². The van der Waals surface area contributed by atoms with E-state index < -0.39 is 0 Å². The van der Waals surface area contributed by atoms with E-state index in [0.29, 0.717) is 5.41 Å². The van der Waals surface area contributed by atoms with Gasteiger partial charge in [-0.05, 0) is 41.9 Å². The summed E-state index contributed by atoms with van der Waals surface area (Å²) in [5.41, 5.74) is 0.676. The topological polar surface area (TPSA) is 0 Å². The number of rotatable bonds is 1. The highest BCUT2D eigenvalue weighted by Crippen LogP contribution is 2.70. The highest BCUT2D eigenvalue weighted by molar-refractivity contribution is 6.42. The molecule has 19 heavy (non-hydrogen) atoms. The Hall–Kier alpha value is 0.0649. The van der Waals surface area contributed by atoms with Gasteiger partial charge in [-0.2, -0.15) is 0 Å². The van der Waals surface area contributed by atoms with Gasteiger partial charge in [0.1, 0.15) is 7.28 Å². The second-order valence-electron chi connectivity index (χ2n) is 9.28. The predicted molar refractivity (Wildman–Crippen MR) is 83.9 cm³/mol. The van der Waals surface area contributed by atoms with E-state index in [9.17, 15) is 0 Å². The molecule has 2 aliphatic heterocycles. The fourth-order valence-corrected chi connectivity index (χ4v) is 7.22. The van der Waals surface area contributed by atoms with Gasteiger partial charge in [0.2, 0.25) is 0 Å². The minimum absolute atomic E-state index is 0.676. The summed E-state index contributed by atoms with van der Waals surface area (Å²) in [6.07, 6.45) is 12.5. The van der Waals surface area contributed by atoms with Crippen LogP contribution in [0.15, 0.2) is 0 Å². The Morgan fingerprint density at radius 2 is 1.58 bits per heavy atom. The van der Waals surface area contributed by atoms with Crippen molar-refractivity contribution in [3.05, 3.63) is 0 Å². The van der Waals surface area contributed by atoms with E-state index in [1.165, 1.54) is 0 Å². The molecule has 4 atom stereocenters. The average Bonchev–Trinajstić information content (AvgIpc) is 2.38. The van der Waals surface area contributed by atoms with Gasteiger partial charge in [-0.1, -0.05) is 70.4 Å². The van der Waals surface area contributed by atoms with Gasteiger partial charge in [0.15, 0.2) is 0 Å². The fourth-order valence-electron chi connectivity index (χ4n) is 7.22. The molecule has 3 saturated carbocycles. The Balaban J connectivity index is 1.59. The van der Waals surface area contributed by atoms with E-state index >= 15 is 0 Å². The van der Waals surface area contributed by atoms with Crippen LogP contribution in [0.1, 0.15) is 72.1 Å². The quantitative estimate of drug-likeness (QED) is 0.577. The fraction of sp³-hybridized carbons (Fsp3) is 1.00. The van der Waals surface area contributed by atoms with Crippen LogP contribution in [-0.2, 0) is 0 Å². The van der Waals surface area contributed by atoms with Crippen LogP contribution in [0.5, 0.6) is 0 Å². The molecule has 0 nitrogen and oxygen atoms in total. The maximum atomic E-state index is 2.62. The lowest BCUT2D eigenvalue weighted by Gasteiger charge is -2.66. The Kier molecular flexibility index (Phi) is 2.72. The summed E-state index contributed by atoms with van der Waals surface area (Å²) in [4.78, 5) is 0. The summed E-state index contributed by atoms with van der Waals surface area (Å²) in [5.74, 6) is 5.33. The number of hydrogen-bond donors (Lipinski definition) is 0. The van der Waals surface area contributed by atoms with E-state index in [2.05, 4.69) is 20.8 Å². The SMILES string of the molecule is CC1C(C23BC(CCC2)CCC3)CC2CC1C2(C)C. The van der Waals surface area contributed by atoms with Crippen LogP contribution < -0.4 is 0 Å². The standard InChI is InChI=1S/C18H31B/c1-12-15-10-13(17(15,2)3)11-16(12)18-8-4-6-14(19-18)7-5-9-18/h12-16,19H,4-11H2,1-3H3. The summed E-state index contributed by atoms with van der Waals surface area (Å²) in [7, 11) is 1.61. The van der Waals surface area contributed by atoms with Crippen molar-refractivity contribution >= 4 is 7.28 Å². The summed E-state index contributed by atoms with van der Waals surface area (Å²) >= 11 is 0. The summed E-state index contributed by atoms with van der Waals surface area (Å²) in [6, 6.07) is 0. The normalized spacial score (nSPS) is 55.0. The Morgan fingerprint density at radius 1 is 0.947 bits per heavy atom. The van der Waals surface area contributed by atoms with Crippen molar-refractivity contribution in [3.8, 4) is 0 Å². The largest absolute Gasteiger partial charge is 0.131 e. The van der Waals surface area contributed by atoms with Gasteiger partial charge in [0, 0.05) is 0 Å². The van der Waals surface area contributed by atoms with Gasteiger partial charge in [0.05, 0.1) is 0 Å². The van der Waals surface area contributed by atoms with Gasteiger partial charge in [-0.3, -0.25) is 0 Å². The van der Waals surface area contributed by atoms with Gasteiger partial charge in [-0.15, -0.1) is 0 Å². The molecule has 5 rings (SSSR count). The van der Waals surface area contributed by atoms with E-state index in [1.807, 2.05) is 0 Å². The number of hydrogen-bond acceptors (Lipinski definition) is 0. The van der Waals surface area contributed by atoms with E-state index in [-0.39, 0.29) is 0 Å². The van der Waals surface area contributed by atoms with Gasteiger partial charge in [0.25, 0.3) is 0 Å². The lowest BCUT2D eigenvalue weighted by Crippen LogP contribution is -2.58. The zero-order chi connectivity index (χ0) is 13.3. The van der Waals surface area contributed by atoms with Crippen LogP contribution in [0, 0.1) is 29.1 Å². The Bertz CT molecular complexity index is 362. The van der Waals surface area contributed by atoms with Crippen molar-refractivity contribution in [3.63, 3.8) is 0 Å². The van der Waals surface area contributed by atoms with Gasteiger partial charge < -0.3 is 0 Å². The monoisotopic (exact) mass is 258 g/mol. The van der Waals surface area contributed by atoms with Crippen LogP contribution in [0.25, 0.3) is 0 Å². The molecule has 0 aromatic rings. The third-order valence-corrected chi connectivity index (χ3v) is 8.41. The maximum absolute atomic E-state index is 2.62. The van der Waals surface area contributed by atoms with Crippen LogP contribution in [0.3, 0.4) is 0 Å². The first-order chi connectivity index (χ1) is 9.03. The third kappa shape index (κ3) is 1.66. The molecule has 0 aromatic heterocycles. The minimum atomic E-state index is 0.676. The molecule has 0 N–H and O–H groups in total. The first kappa shape index (κ1) is 12.8. The molecule has 4 bridgehead atoms. The average molecular weight is 258 g/mol. The summed E-state index contributed by atoms with van der Waals surface area (Å²) in [5, 5.41) is 0.800. The number of fused-ring (bicyclic) bond motifs is 5. The first-order valence-electron chi connectivity index (χ1n) is 9.03. The van der Waals surface area contributed by atoms with Crippen LogP contribution in [0.4, 0.5) is 0 Å². The van der Waals surface area contributed by atoms with Crippen LogP contribution >= 0.6 is 0 Å². The zero-order valence-electron chi connectivity index (χ0n) is 13.3. The Labute approximate surface area is 120 Å². The molecule has 3 aliphatic carbocycles. The second-order valence-corrected chi connectivity index (χ2v) is 9.28. The van der Waals surface area contributed by atoms with Crippen molar-refractivity contribution in [1.82, 2.24) is 0 Å². The van der Waals surface area contributed by atoms with Gasteiger partial charge >= 0.3 is 0 Å². The summed E-state index contributed by atoms with van der Waals surface area (Å²) in [6.45, 7) is 7.74. The van der Waals surface area contributed by atoms with Crippen LogP contribution in [0.2, 0.25) is 11.1 Å². The van der Waals surface area contributed by atoms with E-state index in [4.69, 9.17) is 0 Å². The molecule has 1 heteroatoms. The van der Waals surface area contributed by atoms with Crippen molar-refractivity contribution in [2.45, 2.75) is 83.3 Å². The molecule has 2 heterocycles. The molecule has 0 aromatic carbocycles. The minimum Gasteiger partial charge on any atom is -0.0651 e. The first-order valence-corrected chi connectivity index (χ1v) is 9.03.